The van der Waals surface area contributed by atoms with Crippen molar-refractivity contribution in [3.05, 3.63) is 29.3 Å². The van der Waals surface area contributed by atoms with Gasteiger partial charge >= 0.3 is 0 Å². The van der Waals surface area contributed by atoms with E-state index in [0.717, 1.165) is 6.42 Å². The molecule has 0 unspecified atom stereocenters. The topological polar surface area (TPSA) is 47.3 Å². The average Bonchev–Trinajstić information content (AvgIpc) is 2.70. The number of halogens is 2. The number of aliphatic hydroxyl groups is 1. The molecule has 1 aliphatic rings. The van der Waals surface area contributed by atoms with E-state index in [1.165, 1.54) is 18.2 Å². The Kier molecular flexibility index (Phi) is 3.70. The number of nitriles is 1. The summed E-state index contributed by atoms with van der Waals surface area (Å²) in [5.41, 5.74) is -0.976. The van der Waals surface area contributed by atoms with Gasteiger partial charge in [-0.1, -0.05) is 0 Å². The highest BCUT2D eigenvalue weighted by Crippen LogP contribution is 2.36. The molecular weight excluding hydrogens is 262 g/mol. The lowest BCUT2D eigenvalue weighted by Gasteiger charge is -2.33. The van der Waals surface area contributed by atoms with Gasteiger partial charge in [0.05, 0.1) is 5.60 Å². The predicted molar refractivity (Wildman–Crippen MR) is 72.3 cm³/mol. The van der Waals surface area contributed by atoms with Crippen LogP contribution in [0.1, 0.15) is 32.8 Å². The summed E-state index contributed by atoms with van der Waals surface area (Å²) in [5, 5.41) is 18.8. The fourth-order valence-corrected chi connectivity index (χ4v) is 3.08. The van der Waals surface area contributed by atoms with Crippen LogP contribution in [0.25, 0.3) is 0 Å². The maximum Gasteiger partial charge on any atom is 0.146 e. The molecule has 1 fully saturated rings. The third-order valence-electron chi connectivity index (χ3n) is 4.13. The summed E-state index contributed by atoms with van der Waals surface area (Å²) in [7, 11) is 0. The summed E-state index contributed by atoms with van der Waals surface area (Å²) in [6.07, 6.45) is 0.758. The lowest BCUT2D eigenvalue weighted by Crippen LogP contribution is -2.40. The van der Waals surface area contributed by atoms with E-state index in [0.29, 0.717) is 12.2 Å². The molecule has 0 aliphatic carbocycles. The van der Waals surface area contributed by atoms with E-state index < -0.39 is 22.8 Å². The fraction of sp³-hybridized carbons (Fsp3) is 0.533. The molecule has 3 nitrogen and oxygen atoms in total. The van der Waals surface area contributed by atoms with E-state index in [9.17, 15) is 13.9 Å². The third-order valence-corrected chi connectivity index (χ3v) is 4.13. The summed E-state index contributed by atoms with van der Waals surface area (Å²) < 4.78 is 27.4. The summed E-state index contributed by atoms with van der Waals surface area (Å²) in [6, 6.07) is 3.86. The minimum atomic E-state index is -0.846. The number of anilines is 1. The lowest BCUT2D eigenvalue weighted by atomic mass is 9.85. The molecule has 20 heavy (non-hydrogen) atoms. The highest BCUT2D eigenvalue weighted by atomic mass is 19.1. The zero-order valence-corrected chi connectivity index (χ0v) is 11.8. The Morgan fingerprint density at radius 3 is 2.30 bits per heavy atom. The number of nitrogens with zero attached hydrogens (tertiary/aromatic N) is 2. The van der Waals surface area contributed by atoms with E-state index in [1.54, 1.807) is 13.8 Å². The van der Waals surface area contributed by atoms with E-state index in [2.05, 4.69) is 0 Å². The molecule has 2 rings (SSSR count). The maximum absolute atomic E-state index is 13.7. The molecule has 0 amide bonds. The maximum atomic E-state index is 13.7. The monoisotopic (exact) mass is 280 g/mol. The van der Waals surface area contributed by atoms with Crippen molar-refractivity contribution in [1.29, 1.82) is 5.26 Å². The molecule has 2 atom stereocenters. The zero-order chi connectivity index (χ0) is 15.1. The molecule has 1 N–H and O–H groups in total. The van der Waals surface area contributed by atoms with E-state index in [4.69, 9.17) is 5.26 Å². The standard InChI is InChI=1S/C15H18F2N2O/c1-9-12(15(2,3)20)4-5-19(9)10-6-13(16)11(8-18)14(17)7-10/h6-7,9,12,20H,4-5H2,1-3H3/t9-,12-/m0/s1. The van der Waals surface area contributed by atoms with Gasteiger partial charge in [-0.2, -0.15) is 5.26 Å². The van der Waals surface area contributed by atoms with Gasteiger partial charge in [-0.25, -0.2) is 8.78 Å². The molecule has 1 heterocycles. The quantitative estimate of drug-likeness (QED) is 0.906. The molecule has 108 valence electrons. The minimum absolute atomic E-state index is 0.0262. The van der Waals surface area contributed by atoms with Crippen LogP contribution in [0.5, 0.6) is 0 Å². The predicted octanol–water partition coefficient (Wildman–Crippen LogP) is 2.82. The summed E-state index contributed by atoms with van der Waals surface area (Å²) in [6.45, 7) is 6.06. The number of hydrogen-bond donors (Lipinski definition) is 1. The van der Waals surface area contributed by atoms with Crippen molar-refractivity contribution in [2.75, 3.05) is 11.4 Å². The van der Waals surface area contributed by atoms with Crippen LogP contribution in [0.2, 0.25) is 0 Å². The van der Waals surface area contributed by atoms with Crippen LogP contribution in [-0.4, -0.2) is 23.3 Å². The van der Waals surface area contributed by atoms with Gasteiger partial charge in [-0.15, -0.1) is 0 Å². The van der Waals surface area contributed by atoms with Crippen molar-refractivity contribution in [3.8, 4) is 6.07 Å². The van der Waals surface area contributed by atoms with Crippen LogP contribution in [0.15, 0.2) is 12.1 Å². The smallest absolute Gasteiger partial charge is 0.146 e. The SMILES string of the molecule is C[C@H]1[C@@H](C(C)(C)O)CCN1c1cc(F)c(C#N)c(F)c1. The first-order valence-corrected chi connectivity index (χ1v) is 6.64. The highest BCUT2D eigenvalue weighted by Gasteiger charge is 2.39. The van der Waals surface area contributed by atoms with Crippen molar-refractivity contribution in [3.63, 3.8) is 0 Å². The average molecular weight is 280 g/mol. The Bertz CT molecular complexity index is 537. The van der Waals surface area contributed by atoms with E-state index >= 15 is 0 Å². The van der Waals surface area contributed by atoms with Crippen LogP contribution in [0.3, 0.4) is 0 Å². The second-order valence-corrected chi connectivity index (χ2v) is 5.88. The van der Waals surface area contributed by atoms with Crippen molar-refractivity contribution < 1.29 is 13.9 Å². The molecule has 0 spiro atoms. The number of benzene rings is 1. The molecule has 0 saturated carbocycles. The molecule has 1 aromatic rings. The fourth-order valence-electron chi connectivity index (χ4n) is 3.08. The molecule has 1 aromatic carbocycles. The van der Waals surface area contributed by atoms with Crippen molar-refractivity contribution >= 4 is 5.69 Å². The molecule has 0 radical (unpaired) electrons. The highest BCUT2D eigenvalue weighted by molar-refractivity contribution is 5.53. The normalized spacial score (nSPS) is 22.9. The Morgan fingerprint density at radius 1 is 1.35 bits per heavy atom. The Morgan fingerprint density at radius 2 is 1.90 bits per heavy atom. The van der Waals surface area contributed by atoms with E-state index in [1.807, 2.05) is 11.8 Å². The summed E-state index contributed by atoms with van der Waals surface area (Å²) in [4.78, 5) is 1.87. The Hall–Kier alpha value is -1.67. The summed E-state index contributed by atoms with van der Waals surface area (Å²) >= 11 is 0. The van der Waals surface area contributed by atoms with Gasteiger partial charge in [-0.05, 0) is 39.3 Å². The first kappa shape index (κ1) is 14.7. The zero-order valence-electron chi connectivity index (χ0n) is 11.8. The molecule has 1 saturated heterocycles. The van der Waals surface area contributed by atoms with Crippen LogP contribution >= 0.6 is 0 Å². The van der Waals surface area contributed by atoms with E-state index in [-0.39, 0.29) is 12.0 Å². The molecule has 0 aromatic heterocycles. The van der Waals surface area contributed by atoms with Crippen molar-refractivity contribution in [2.45, 2.75) is 38.8 Å². The van der Waals surface area contributed by atoms with Crippen LogP contribution < -0.4 is 4.90 Å². The van der Waals surface area contributed by atoms with Crippen LogP contribution in [-0.2, 0) is 0 Å². The Labute approximate surface area is 117 Å². The largest absolute Gasteiger partial charge is 0.390 e. The molecule has 5 heteroatoms. The van der Waals surface area contributed by atoms with Crippen LogP contribution in [0.4, 0.5) is 14.5 Å². The van der Waals surface area contributed by atoms with Gasteiger partial charge < -0.3 is 10.0 Å². The van der Waals surface area contributed by atoms with Crippen molar-refractivity contribution in [2.24, 2.45) is 5.92 Å². The molecule has 0 bridgehead atoms. The second kappa shape index (κ2) is 5.02. The lowest BCUT2D eigenvalue weighted by molar-refractivity contribution is 0.0156. The molecular formula is C15H18F2N2O. The Balaban J connectivity index is 2.33. The van der Waals surface area contributed by atoms with Crippen LogP contribution in [0, 0.1) is 28.9 Å². The third kappa shape index (κ3) is 2.48. The summed E-state index contributed by atoms with van der Waals surface area (Å²) in [5.74, 6) is -1.66. The van der Waals surface area contributed by atoms with Gasteiger partial charge in [0.15, 0.2) is 0 Å². The van der Waals surface area contributed by atoms with Gasteiger partial charge in [0.1, 0.15) is 23.3 Å². The van der Waals surface area contributed by atoms with Gasteiger partial charge in [0, 0.05) is 24.2 Å². The first-order valence-electron chi connectivity index (χ1n) is 6.64. The van der Waals surface area contributed by atoms with Crippen molar-refractivity contribution in [1.82, 2.24) is 0 Å². The van der Waals surface area contributed by atoms with Gasteiger partial charge in [0.2, 0.25) is 0 Å². The second-order valence-electron chi connectivity index (χ2n) is 5.88. The first-order chi connectivity index (χ1) is 9.25. The van der Waals surface area contributed by atoms with Gasteiger partial charge in [-0.3, -0.25) is 0 Å². The van der Waals surface area contributed by atoms with Gasteiger partial charge in [0.25, 0.3) is 0 Å². The molecule has 1 aliphatic heterocycles. The number of hydrogen-bond acceptors (Lipinski definition) is 3. The number of rotatable bonds is 2. The minimum Gasteiger partial charge on any atom is -0.390 e.